The number of nitrogens with one attached hydrogen (secondary N) is 1. The number of rotatable bonds is 3. The molecular weight excluding hydrogens is 194 g/mol. The Morgan fingerprint density at radius 1 is 1.69 bits per heavy atom. The van der Waals surface area contributed by atoms with E-state index in [1.807, 2.05) is 0 Å². The van der Waals surface area contributed by atoms with E-state index in [-0.39, 0.29) is 10.8 Å². The molecule has 1 amide bonds. The van der Waals surface area contributed by atoms with Gasteiger partial charge in [-0.1, -0.05) is 11.6 Å². The number of aromatic nitrogens is 2. The monoisotopic (exact) mass is 201 g/mol. The van der Waals surface area contributed by atoms with Gasteiger partial charge in [0.15, 0.2) is 0 Å². The van der Waals surface area contributed by atoms with Crippen molar-refractivity contribution in [2.24, 2.45) is 0 Å². The minimum Gasteiger partial charge on any atom is -0.274 e. The minimum atomic E-state index is -0.439. The zero-order chi connectivity index (χ0) is 9.68. The summed E-state index contributed by atoms with van der Waals surface area (Å²) < 4.78 is 0. The van der Waals surface area contributed by atoms with Crippen LogP contribution in [0.3, 0.4) is 0 Å². The van der Waals surface area contributed by atoms with Crippen LogP contribution in [0.2, 0.25) is 5.15 Å². The second kappa shape index (κ2) is 4.74. The molecule has 0 saturated heterocycles. The fourth-order valence-corrected chi connectivity index (χ4v) is 0.795. The van der Waals surface area contributed by atoms with Gasteiger partial charge in [0, 0.05) is 6.07 Å². The number of hydrogen-bond acceptors (Lipinski definition) is 4. The van der Waals surface area contributed by atoms with Gasteiger partial charge in [-0.15, -0.1) is 0 Å². The van der Waals surface area contributed by atoms with Crippen LogP contribution < -0.4 is 5.48 Å². The Bertz CT molecular complexity index is 306. The molecule has 6 heteroatoms. The topological polar surface area (TPSA) is 64.1 Å². The summed E-state index contributed by atoms with van der Waals surface area (Å²) in [6, 6.07) is 1.36. The smallest absolute Gasteiger partial charge is 0.274 e. The molecule has 0 aliphatic rings. The van der Waals surface area contributed by atoms with Crippen LogP contribution in [-0.2, 0) is 4.84 Å². The Morgan fingerprint density at radius 3 is 3.08 bits per heavy atom. The first kappa shape index (κ1) is 9.88. The molecule has 0 aromatic carbocycles. The lowest BCUT2D eigenvalue weighted by Gasteiger charge is -2.01. The van der Waals surface area contributed by atoms with Crippen molar-refractivity contribution in [3.8, 4) is 0 Å². The highest BCUT2D eigenvalue weighted by Gasteiger charge is 2.06. The highest BCUT2D eigenvalue weighted by Crippen LogP contribution is 2.03. The van der Waals surface area contributed by atoms with Crippen molar-refractivity contribution in [1.29, 1.82) is 0 Å². The van der Waals surface area contributed by atoms with Crippen LogP contribution in [0.1, 0.15) is 17.4 Å². The maximum absolute atomic E-state index is 11.2. The number of nitrogens with zero attached hydrogens (tertiary/aromatic N) is 2. The Morgan fingerprint density at radius 2 is 2.46 bits per heavy atom. The fourth-order valence-electron chi connectivity index (χ4n) is 0.648. The molecule has 5 nitrogen and oxygen atoms in total. The van der Waals surface area contributed by atoms with E-state index in [4.69, 9.17) is 11.6 Å². The van der Waals surface area contributed by atoms with E-state index < -0.39 is 5.91 Å². The molecule has 0 aliphatic heterocycles. The van der Waals surface area contributed by atoms with Gasteiger partial charge in [0.25, 0.3) is 5.91 Å². The summed E-state index contributed by atoms with van der Waals surface area (Å²) in [5, 5.41) is 0.219. The maximum Gasteiger partial charge on any atom is 0.293 e. The summed E-state index contributed by atoms with van der Waals surface area (Å²) in [5.74, 6) is -0.439. The van der Waals surface area contributed by atoms with E-state index >= 15 is 0 Å². The molecular formula is C7H8ClN3O2. The van der Waals surface area contributed by atoms with Gasteiger partial charge in [0.1, 0.15) is 17.2 Å². The lowest BCUT2D eigenvalue weighted by atomic mass is 10.4. The van der Waals surface area contributed by atoms with Gasteiger partial charge < -0.3 is 0 Å². The minimum absolute atomic E-state index is 0.174. The Balaban J connectivity index is 2.66. The molecule has 1 N–H and O–H groups in total. The molecule has 1 aromatic heterocycles. The molecule has 0 atom stereocenters. The van der Waals surface area contributed by atoms with Crippen molar-refractivity contribution < 1.29 is 9.63 Å². The molecule has 0 saturated carbocycles. The van der Waals surface area contributed by atoms with Gasteiger partial charge in [-0.25, -0.2) is 15.4 Å². The average Bonchev–Trinajstić information content (AvgIpc) is 2.14. The zero-order valence-corrected chi connectivity index (χ0v) is 7.71. The van der Waals surface area contributed by atoms with Crippen LogP contribution in [0, 0.1) is 0 Å². The molecule has 1 aromatic rings. The third-order valence-corrected chi connectivity index (χ3v) is 1.38. The van der Waals surface area contributed by atoms with E-state index in [1.54, 1.807) is 6.92 Å². The maximum atomic E-state index is 11.2. The Kier molecular flexibility index (Phi) is 3.60. The lowest BCUT2D eigenvalue weighted by molar-refractivity contribution is 0.0360. The molecule has 0 fully saturated rings. The van der Waals surface area contributed by atoms with Gasteiger partial charge in [-0.3, -0.25) is 9.63 Å². The van der Waals surface area contributed by atoms with Gasteiger partial charge in [0.2, 0.25) is 0 Å². The number of hydroxylamine groups is 1. The SMILES string of the molecule is CCONC(=O)c1cc(Cl)ncn1. The summed E-state index contributed by atoms with van der Waals surface area (Å²) in [4.78, 5) is 23.2. The van der Waals surface area contributed by atoms with Gasteiger partial charge in [-0.2, -0.15) is 0 Å². The Hall–Kier alpha value is -1.20. The number of carbonyl (C=O) groups is 1. The highest BCUT2D eigenvalue weighted by atomic mass is 35.5. The molecule has 1 heterocycles. The van der Waals surface area contributed by atoms with Crippen LogP contribution in [0.25, 0.3) is 0 Å². The molecule has 1 rings (SSSR count). The van der Waals surface area contributed by atoms with Crippen molar-refractivity contribution in [1.82, 2.24) is 15.4 Å². The van der Waals surface area contributed by atoms with Crippen molar-refractivity contribution in [2.75, 3.05) is 6.61 Å². The molecule has 0 unspecified atom stereocenters. The van der Waals surface area contributed by atoms with Crippen LogP contribution in [0.5, 0.6) is 0 Å². The number of carbonyl (C=O) groups excluding carboxylic acids is 1. The van der Waals surface area contributed by atoms with Crippen LogP contribution in [-0.4, -0.2) is 22.5 Å². The standard InChI is InChI=1S/C7H8ClN3O2/c1-2-13-11-7(12)5-3-6(8)10-4-9-5/h3-4H,2H2,1H3,(H,11,12). The first-order valence-electron chi connectivity index (χ1n) is 3.63. The molecule has 0 radical (unpaired) electrons. The number of hydrogen-bond donors (Lipinski definition) is 1. The van der Waals surface area contributed by atoms with Gasteiger partial charge in [-0.05, 0) is 6.92 Å². The summed E-state index contributed by atoms with van der Waals surface area (Å²) in [7, 11) is 0. The zero-order valence-electron chi connectivity index (χ0n) is 6.95. The lowest BCUT2D eigenvalue weighted by Crippen LogP contribution is -2.24. The van der Waals surface area contributed by atoms with Crippen molar-refractivity contribution in [2.45, 2.75) is 6.92 Å². The molecule has 70 valence electrons. The summed E-state index contributed by atoms with van der Waals surface area (Å²) in [6.07, 6.45) is 1.21. The quantitative estimate of drug-likeness (QED) is 0.581. The summed E-state index contributed by atoms with van der Waals surface area (Å²) >= 11 is 5.55. The summed E-state index contributed by atoms with van der Waals surface area (Å²) in [6.45, 7) is 2.15. The van der Waals surface area contributed by atoms with Crippen molar-refractivity contribution in [3.05, 3.63) is 23.2 Å². The van der Waals surface area contributed by atoms with Crippen LogP contribution in [0.4, 0.5) is 0 Å². The third-order valence-electron chi connectivity index (χ3n) is 1.18. The Labute approximate surface area is 80.0 Å². The second-order valence-corrected chi connectivity index (χ2v) is 2.48. The van der Waals surface area contributed by atoms with Crippen molar-refractivity contribution in [3.63, 3.8) is 0 Å². The molecule has 0 aliphatic carbocycles. The first-order valence-corrected chi connectivity index (χ1v) is 4.01. The normalized spacial score (nSPS) is 9.69. The second-order valence-electron chi connectivity index (χ2n) is 2.09. The highest BCUT2D eigenvalue weighted by molar-refractivity contribution is 6.29. The van der Waals surface area contributed by atoms with Gasteiger partial charge >= 0.3 is 0 Å². The molecule has 13 heavy (non-hydrogen) atoms. The fraction of sp³-hybridized carbons (Fsp3) is 0.286. The van der Waals surface area contributed by atoms with E-state index in [2.05, 4.69) is 20.3 Å². The van der Waals surface area contributed by atoms with E-state index in [9.17, 15) is 4.79 Å². The summed E-state index contributed by atoms with van der Waals surface area (Å²) in [5.41, 5.74) is 2.36. The third kappa shape index (κ3) is 2.96. The average molecular weight is 202 g/mol. The van der Waals surface area contributed by atoms with Crippen LogP contribution >= 0.6 is 11.6 Å². The van der Waals surface area contributed by atoms with E-state index in [1.165, 1.54) is 12.4 Å². The predicted octanol–water partition coefficient (Wildman–Crippen LogP) is 0.811. The molecule has 0 spiro atoms. The van der Waals surface area contributed by atoms with Crippen molar-refractivity contribution >= 4 is 17.5 Å². The molecule has 0 bridgehead atoms. The largest absolute Gasteiger partial charge is 0.293 e. The predicted molar refractivity (Wildman–Crippen MR) is 46.1 cm³/mol. The first-order chi connectivity index (χ1) is 6.24. The number of halogens is 1. The number of amides is 1. The van der Waals surface area contributed by atoms with Crippen LogP contribution in [0.15, 0.2) is 12.4 Å². The van der Waals surface area contributed by atoms with E-state index in [0.717, 1.165) is 0 Å². The van der Waals surface area contributed by atoms with E-state index in [0.29, 0.717) is 6.61 Å². The van der Waals surface area contributed by atoms with Gasteiger partial charge in [0.05, 0.1) is 6.61 Å².